The number of hydrogen-bond acceptors (Lipinski definition) is 5. The molecule has 0 atom stereocenters. The molecule has 0 unspecified atom stereocenters. The van der Waals surface area contributed by atoms with Gasteiger partial charge in [-0.25, -0.2) is 4.98 Å². The summed E-state index contributed by atoms with van der Waals surface area (Å²) in [5.41, 5.74) is 2.93. The molecule has 0 aliphatic rings. The van der Waals surface area contributed by atoms with Crippen molar-refractivity contribution < 1.29 is 9.53 Å². The first-order valence-electron chi connectivity index (χ1n) is 8.82. The molecule has 1 aromatic heterocycles. The number of nitriles is 1. The minimum atomic E-state index is -0.162. The van der Waals surface area contributed by atoms with Gasteiger partial charge >= 0.3 is 0 Å². The van der Waals surface area contributed by atoms with E-state index in [1.807, 2.05) is 30.3 Å². The number of aromatic nitrogens is 1. The summed E-state index contributed by atoms with van der Waals surface area (Å²) in [7, 11) is 1.63. The summed E-state index contributed by atoms with van der Waals surface area (Å²) in [6.45, 7) is 0.528. The first-order chi connectivity index (χ1) is 13.7. The quantitative estimate of drug-likeness (QED) is 0.661. The fraction of sp³-hybridized carbons (Fsp3) is 0.136. The third kappa shape index (κ3) is 5.08. The van der Waals surface area contributed by atoms with E-state index < -0.39 is 0 Å². The van der Waals surface area contributed by atoms with E-state index in [-0.39, 0.29) is 5.91 Å². The SMILES string of the molecule is COc1ccc(CCNC(=O)c2ccnc(Nc3cccc(C#N)c3)c2)cc1. The zero-order chi connectivity index (χ0) is 19.8. The number of amides is 1. The second kappa shape index (κ2) is 9.19. The number of pyridine rings is 1. The molecule has 2 aromatic carbocycles. The average Bonchev–Trinajstić information content (AvgIpc) is 2.74. The third-order valence-corrected chi connectivity index (χ3v) is 4.14. The Hall–Kier alpha value is -3.85. The van der Waals surface area contributed by atoms with E-state index in [1.165, 1.54) is 0 Å². The predicted molar refractivity (Wildman–Crippen MR) is 108 cm³/mol. The van der Waals surface area contributed by atoms with Gasteiger partial charge in [-0.2, -0.15) is 5.26 Å². The number of anilines is 2. The Balaban J connectivity index is 1.57. The first-order valence-corrected chi connectivity index (χ1v) is 8.82. The van der Waals surface area contributed by atoms with Gasteiger partial charge in [0.25, 0.3) is 5.91 Å². The molecule has 0 saturated heterocycles. The van der Waals surface area contributed by atoms with Crippen LogP contribution < -0.4 is 15.4 Å². The summed E-state index contributed by atoms with van der Waals surface area (Å²) >= 11 is 0. The van der Waals surface area contributed by atoms with E-state index >= 15 is 0 Å². The molecule has 0 aliphatic heterocycles. The van der Waals surface area contributed by atoms with Crippen LogP contribution in [0.2, 0.25) is 0 Å². The Morgan fingerprint density at radius 1 is 1.14 bits per heavy atom. The summed E-state index contributed by atoms with van der Waals surface area (Å²) in [5, 5.41) is 15.0. The monoisotopic (exact) mass is 372 g/mol. The molecule has 3 aromatic rings. The van der Waals surface area contributed by atoms with Crippen molar-refractivity contribution in [2.45, 2.75) is 6.42 Å². The van der Waals surface area contributed by atoms with Crippen molar-refractivity contribution in [3.63, 3.8) is 0 Å². The lowest BCUT2D eigenvalue weighted by Crippen LogP contribution is -2.25. The van der Waals surface area contributed by atoms with Gasteiger partial charge in [-0.3, -0.25) is 4.79 Å². The van der Waals surface area contributed by atoms with Gasteiger partial charge in [0.05, 0.1) is 18.7 Å². The van der Waals surface area contributed by atoms with Crippen LogP contribution in [0.25, 0.3) is 0 Å². The molecule has 0 radical (unpaired) electrons. The lowest BCUT2D eigenvalue weighted by atomic mass is 10.1. The zero-order valence-electron chi connectivity index (χ0n) is 15.5. The number of methoxy groups -OCH3 is 1. The van der Waals surface area contributed by atoms with E-state index in [9.17, 15) is 4.79 Å². The maximum Gasteiger partial charge on any atom is 0.251 e. The fourth-order valence-electron chi connectivity index (χ4n) is 2.67. The normalized spacial score (nSPS) is 10.0. The van der Waals surface area contributed by atoms with E-state index in [2.05, 4.69) is 21.7 Å². The highest BCUT2D eigenvalue weighted by Crippen LogP contribution is 2.17. The number of hydrogen-bond donors (Lipinski definition) is 2. The molecule has 0 bridgehead atoms. The van der Waals surface area contributed by atoms with Crippen LogP contribution in [0, 0.1) is 11.3 Å². The Bertz CT molecular complexity index is 994. The van der Waals surface area contributed by atoms with Crippen molar-refractivity contribution >= 4 is 17.4 Å². The van der Waals surface area contributed by atoms with Gasteiger partial charge in [-0.15, -0.1) is 0 Å². The predicted octanol–water partition coefficient (Wildman–Crippen LogP) is 3.68. The van der Waals surface area contributed by atoms with Crippen LogP contribution in [-0.2, 0) is 6.42 Å². The smallest absolute Gasteiger partial charge is 0.251 e. The number of carbonyl (C=O) groups is 1. The molecule has 3 rings (SSSR count). The molecule has 0 saturated carbocycles. The van der Waals surface area contributed by atoms with Gasteiger partial charge in [-0.05, 0) is 54.4 Å². The molecule has 0 aliphatic carbocycles. The number of carbonyl (C=O) groups excluding carboxylic acids is 1. The van der Waals surface area contributed by atoms with E-state index in [0.717, 1.165) is 23.4 Å². The van der Waals surface area contributed by atoms with Gasteiger partial charge in [0.1, 0.15) is 11.6 Å². The molecule has 140 valence electrons. The average molecular weight is 372 g/mol. The lowest BCUT2D eigenvalue weighted by molar-refractivity contribution is 0.0954. The minimum Gasteiger partial charge on any atom is -0.497 e. The molecule has 1 amide bonds. The summed E-state index contributed by atoms with van der Waals surface area (Å²) in [4.78, 5) is 16.6. The van der Waals surface area contributed by atoms with Crippen molar-refractivity contribution in [3.8, 4) is 11.8 Å². The Morgan fingerprint density at radius 2 is 1.96 bits per heavy atom. The van der Waals surface area contributed by atoms with Crippen LogP contribution in [0.5, 0.6) is 5.75 Å². The Kier molecular flexibility index (Phi) is 6.21. The molecule has 2 N–H and O–H groups in total. The van der Waals surface area contributed by atoms with Crippen molar-refractivity contribution in [1.82, 2.24) is 10.3 Å². The van der Waals surface area contributed by atoms with Crippen molar-refractivity contribution in [1.29, 1.82) is 5.26 Å². The molecule has 6 nitrogen and oxygen atoms in total. The van der Waals surface area contributed by atoms with Gasteiger partial charge in [-0.1, -0.05) is 18.2 Å². The molecule has 6 heteroatoms. The number of nitrogens with one attached hydrogen (secondary N) is 2. The summed E-state index contributed by atoms with van der Waals surface area (Å²) in [6.07, 6.45) is 2.31. The Labute approximate surface area is 163 Å². The highest BCUT2D eigenvalue weighted by Gasteiger charge is 2.07. The molecule has 0 fully saturated rings. The lowest BCUT2D eigenvalue weighted by Gasteiger charge is -2.09. The fourth-order valence-corrected chi connectivity index (χ4v) is 2.67. The maximum atomic E-state index is 12.4. The molecular formula is C22H20N4O2. The number of benzene rings is 2. The van der Waals surface area contributed by atoms with E-state index in [4.69, 9.17) is 10.00 Å². The van der Waals surface area contributed by atoms with Crippen LogP contribution in [0.1, 0.15) is 21.5 Å². The summed E-state index contributed by atoms with van der Waals surface area (Å²) in [6, 6.07) is 20.3. The van der Waals surface area contributed by atoms with E-state index in [0.29, 0.717) is 23.5 Å². The summed E-state index contributed by atoms with van der Waals surface area (Å²) in [5.74, 6) is 1.19. The third-order valence-electron chi connectivity index (χ3n) is 4.14. The Morgan fingerprint density at radius 3 is 2.71 bits per heavy atom. The largest absolute Gasteiger partial charge is 0.497 e. The van der Waals surface area contributed by atoms with Gasteiger partial charge in [0.15, 0.2) is 0 Å². The van der Waals surface area contributed by atoms with Crippen molar-refractivity contribution in [2.24, 2.45) is 0 Å². The molecular weight excluding hydrogens is 352 g/mol. The maximum absolute atomic E-state index is 12.4. The van der Waals surface area contributed by atoms with Crippen LogP contribution in [-0.4, -0.2) is 24.5 Å². The summed E-state index contributed by atoms with van der Waals surface area (Å²) < 4.78 is 5.14. The van der Waals surface area contributed by atoms with Gasteiger partial charge < -0.3 is 15.4 Å². The number of ether oxygens (including phenoxy) is 1. The van der Waals surface area contributed by atoms with Gasteiger partial charge in [0, 0.05) is 24.0 Å². The number of nitrogens with zero attached hydrogens (tertiary/aromatic N) is 2. The molecule has 0 spiro atoms. The standard InChI is InChI=1S/C22H20N4O2/c1-28-20-7-5-16(6-8-20)9-11-25-22(27)18-10-12-24-21(14-18)26-19-4-2-3-17(13-19)15-23/h2-8,10,12-14H,9,11H2,1H3,(H,24,26)(H,25,27). The minimum absolute atomic E-state index is 0.162. The van der Waals surface area contributed by atoms with Crippen LogP contribution in [0.15, 0.2) is 66.9 Å². The van der Waals surface area contributed by atoms with Crippen LogP contribution in [0.3, 0.4) is 0 Å². The van der Waals surface area contributed by atoms with E-state index in [1.54, 1.807) is 43.6 Å². The van der Waals surface area contributed by atoms with Crippen LogP contribution in [0.4, 0.5) is 11.5 Å². The van der Waals surface area contributed by atoms with Crippen LogP contribution >= 0.6 is 0 Å². The highest BCUT2D eigenvalue weighted by atomic mass is 16.5. The zero-order valence-corrected chi connectivity index (χ0v) is 15.5. The highest BCUT2D eigenvalue weighted by molar-refractivity contribution is 5.94. The van der Waals surface area contributed by atoms with Gasteiger partial charge in [0.2, 0.25) is 0 Å². The van der Waals surface area contributed by atoms with Crippen molar-refractivity contribution in [3.05, 3.63) is 83.6 Å². The van der Waals surface area contributed by atoms with Crippen molar-refractivity contribution in [2.75, 3.05) is 19.0 Å². The first kappa shape index (κ1) is 18.9. The molecule has 28 heavy (non-hydrogen) atoms. The second-order valence-electron chi connectivity index (χ2n) is 6.10. The molecule has 1 heterocycles. The topological polar surface area (TPSA) is 87.0 Å². The second-order valence-corrected chi connectivity index (χ2v) is 6.10. The number of rotatable bonds is 7.